The summed E-state index contributed by atoms with van der Waals surface area (Å²) in [5, 5.41) is 41.8. The maximum atomic E-state index is 14.9. The van der Waals surface area contributed by atoms with Gasteiger partial charge in [-0.2, -0.15) is 73.4 Å². The zero-order valence-corrected chi connectivity index (χ0v) is 68.5. The van der Waals surface area contributed by atoms with Crippen molar-refractivity contribution in [2.24, 2.45) is 0 Å². The molecule has 0 radical (unpaired) electrons. The molecule has 8 nitrogen and oxygen atoms in total. The fraction of sp³-hybridized carbons (Fsp3) is 0.700. The van der Waals surface area contributed by atoms with Crippen molar-refractivity contribution in [3.63, 3.8) is 0 Å². The van der Waals surface area contributed by atoms with Crippen LogP contribution in [0.2, 0.25) is 0 Å². The number of hydrogen-bond acceptors (Lipinski definition) is 12. The van der Waals surface area contributed by atoms with Crippen molar-refractivity contribution in [1.29, 1.82) is 0 Å². The lowest BCUT2D eigenvalue weighted by molar-refractivity contribution is -0.208. The first-order valence-electron chi connectivity index (χ1n) is 38.4. The summed E-state index contributed by atoms with van der Waals surface area (Å²) in [7, 11) is 0. The maximum absolute atomic E-state index is 14.9. The quantitative estimate of drug-likeness (QED) is 0.0219. The highest BCUT2D eigenvalue weighted by Crippen LogP contribution is 2.48. The van der Waals surface area contributed by atoms with Gasteiger partial charge in [-0.15, -0.1) is 0 Å². The molecule has 0 saturated heterocycles. The summed E-state index contributed by atoms with van der Waals surface area (Å²) in [6.07, 6.45) is -32.8. The predicted octanol–water partition coefficient (Wildman–Crippen LogP) is 23.5. The van der Waals surface area contributed by atoms with Crippen molar-refractivity contribution in [2.75, 3.05) is 98.9 Å². The van der Waals surface area contributed by atoms with Crippen LogP contribution in [0.5, 0.6) is 23.0 Å². The molecule has 118 heavy (non-hydrogen) atoms. The molecule has 5 rings (SSSR count). The Kier molecular flexibility index (Phi) is 41.0. The van der Waals surface area contributed by atoms with Crippen LogP contribution in [0, 0.1) is 0 Å². The van der Waals surface area contributed by atoms with Gasteiger partial charge in [0.15, 0.2) is 0 Å². The van der Waals surface area contributed by atoms with Crippen LogP contribution < -0.4 is 18.9 Å². The van der Waals surface area contributed by atoms with Gasteiger partial charge in [0, 0.05) is 51.4 Å². The van der Waals surface area contributed by atoms with E-state index in [4.69, 9.17) is 18.9 Å². The lowest BCUT2D eigenvalue weighted by Crippen LogP contribution is -2.34. The Morgan fingerprint density at radius 1 is 0.254 bits per heavy atom. The number of aliphatic hydroxyl groups is 4. The molecule has 0 saturated carbocycles. The van der Waals surface area contributed by atoms with E-state index >= 15 is 0 Å². The average Bonchev–Trinajstić information content (AvgIpc) is 0.770. The highest BCUT2D eigenvalue weighted by atomic mass is 32.2. The van der Waals surface area contributed by atoms with Crippen LogP contribution in [0.3, 0.4) is 0 Å². The van der Waals surface area contributed by atoms with Crippen molar-refractivity contribution in [2.45, 2.75) is 252 Å². The minimum atomic E-state index is -5.40. The SMILES string of the molecule is CC(F)(F)CC(F)(F)CC(F)(F)CCSCCCc1cc2c(OCCO)c(c1)Cc1cc(CCCSCCC(F)(F)CC(F)(F)CC(C)(F)F)cc(c1OCCO)Cc1cc(CCCSCCCC(F)(F)CC(F)(F)CC(F)(F)F)cc(c1OCCO)Cc1cc(CCCSCCCC(F)(F)CC(F)(F)CC(F)(F)F)cc(c1OCCO)C2. The summed E-state index contributed by atoms with van der Waals surface area (Å²) in [5.74, 6) is -41.4. The Labute approximate surface area is 686 Å². The van der Waals surface area contributed by atoms with Gasteiger partial charge in [-0.05, 0) is 191 Å². The second-order valence-corrected chi connectivity index (χ2v) is 35.1. The summed E-state index contributed by atoms with van der Waals surface area (Å²) in [6.45, 7) is -3.06. The summed E-state index contributed by atoms with van der Waals surface area (Å²) < 4.78 is 389. The Hall–Kier alpha value is -4.50. The normalized spacial score (nSPS) is 14.0. The number of aliphatic hydroxyl groups excluding tert-OH is 4. The third-order valence-electron chi connectivity index (χ3n) is 18.1. The number of hydrogen-bond donors (Lipinski definition) is 4. The fourth-order valence-corrected chi connectivity index (χ4v) is 17.7. The van der Waals surface area contributed by atoms with Gasteiger partial charge in [0.25, 0.3) is 59.2 Å². The molecule has 0 aromatic heterocycles. The Morgan fingerprint density at radius 3 is 0.653 bits per heavy atom. The molecular weight excluding hydrogens is 1710 g/mol. The fourth-order valence-electron chi connectivity index (χ4n) is 13.9. The third kappa shape index (κ3) is 41.3. The standard InChI is InChI=1S/C80H102F26O8S4/c1-69(81,82)45-75(93,94)49-73(89,90)15-31-117-27-5-11-55-37-61-42-59-35-53(9-3-25-115-29-7-13-71(85,86)47-77(97,98)51-79(101,102)103)33-57(65(59)111-21-17-107)41-58-34-54(10-4-26-116-30-8-14-72(87,88)48-78(99,100)52-80(104,105)106)36-60(66(58)112-22-18-108)43-62-38-56(12-6-28-118-32-16-74(91,92)50-76(95,96)46-70(2,83)84)40-64(68(62)114-24-20-110)44-63(39-55)67(61)113-23-19-109/h33-40,107-110H,3-32,41-52H2,1-2H3. The molecule has 0 spiro atoms. The van der Waals surface area contributed by atoms with Crippen molar-refractivity contribution in [3.8, 4) is 23.0 Å². The van der Waals surface area contributed by atoms with E-state index in [2.05, 4.69) is 0 Å². The van der Waals surface area contributed by atoms with Crippen LogP contribution >= 0.6 is 47.0 Å². The van der Waals surface area contributed by atoms with Crippen LogP contribution in [0.15, 0.2) is 48.5 Å². The zero-order valence-electron chi connectivity index (χ0n) is 65.2. The number of benzene rings is 4. The van der Waals surface area contributed by atoms with Gasteiger partial charge in [-0.25, -0.2) is 87.8 Å². The topological polar surface area (TPSA) is 118 Å². The number of halogens is 26. The van der Waals surface area contributed by atoms with Crippen LogP contribution in [0.1, 0.15) is 196 Å². The van der Waals surface area contributed by atoms with E-state index in [1.54, 1.807) is 48.5 Å². The van der Waals surface area contributed by atoms with Crippen LogP contribution in [-0.2, 0) is 51.4 Å². The average molecular weight is 1810 g/mol. The number of ether oxygens (including phenoxy) is 4. The largest absolute Gasteiger partial charge is 0.491 e. The maximum Gasteiger partial charge on any atom is 0.394 e. The van der Waals surface area contributed by atoms with Crippen molar-refractivity contribution in [3.05, 3.63) is 115 Å². The van der Waals surface area contributed by atoms with E-state index < -0.39 is 175 Å². The first-order chi connectivity index (χ1) is 54.6. The van der Waals surface area contributed by atoms with Crippen molar-refractivity contribution >= 4 is 47.0 Å². The lowest BCUT2D eigenvalue weighted by atomic mass is 9.87. The van der Waals surface area contributed by atoms with Gasteiger partial charge in [0.05, 0.1) is 65.0 Å². The lowest BCUT2D eigenvalue weighted by Gasteiger charge is -2.25. The molecule has 4 N–H and O–H groups in total. The Morgan fingerprint density at radius 2 is 0.449 bits per heavy atom. The van der Waals surface area contributed by atoms with E-state index in [9.17, 15) is 135 Å². The molecule has 0 amide bonds. The highest BCUT2D eigenvalue weighted by molar-refractivity contribution is 7.99. The van der Waals surface area contributed by atoms with E-state index in [1.165, 1.54) is 23.5 Å². The van der Waals surface area contributed by atoms with E-state index in [0.29, 0.717) is 79.6 Å². The predicted molar refractivity (Wildman–Crippen MR) is 407 cm³/mol. The molecule has 38 heteroatoms. The first kappa shape index (κ1) is 104. The number of fused-ring (bicyclic) bond motifs is 8. The second-order valence-electron chi connectivity index (χ2n) is 30.2. The van der Waals surface area contributed by atoms with Crippen LogP contribution in [0.4, 0.5) is 114 Å². The molecule has 0 aliphatic heterocycles. The zero-order chi connectivity index (χ0) is 88.2. The van der Waals surface area contributed by atoms with E-state index in [-0.39, 0.29) is 186 Å². The van der Waals surface area contributed by atoms with Gasteiger partial charge in [0.2, 0.25) is 0 Å². The summed E-state index contributed by atoms with van der Waals surface area (Å²) in [4.78, 5) is 0. The van der Waals surface area contributed by atoms with E-state index in [1.807, 2.05) is 0 Å². The second kappa shape index (κ2) is 46.5. The number of rotatable bonds is 56. The third-order valence-corrected chi connectivity index (χ3v) is 22.6. The van der Waals surface area contributed by atoms with Gasteiger partial charge in [0.1, 0.15) is 62.3 Å². The molecule has 676 valence electrons. The monoisotopic (exact) mass is 1810 g/mol. The van der Waals surface area contributed by atoms with Crippen molar-refractivity contribution in [1.82, 2.24) is 0 Å². The molecule has 0 fully saturated rings. The molecule has 4 aromatic carbocycles. The minimum Gasteiger partial charge on any atom is -0.491 e. The van der Waals surface area contributed by atoms with Gasteiger partial charge in [-0.3, -0.25) is 0 Å². The molecule has 0 atom stereocenters. The highest BCUT2D eigenvalue weighted by Gasteiger charge is 2.53. The van der Waals surface area contributed by atoms with Gasteiger partial charge >= 0.3 is 12.4 Å². The molecule has 0 unspecified atom stereocenters. The summed E-state index contributed by atoms with van der Waals surface area (Å²) >= 11 is 4.31. The van der Waals surface area contributed by atoms with Crippen LogP contribution in [-0.4, -0.2) is 191 Å². The first-order valence-corrected chi connectivity index (χ1v) is 43.0. The molecule has 1 aliphatic rings. The Balaban J connectivity index is 1.70. The molecule has 4 aromatic rings. The molecule has 8 bridgehead atoms. The number of aryl methyl sites for hydroxylation is 4. The summed E-state index contributed by atoms with van der Waals surface area (Å²) in [5.41, 5.74) is 5.86. The molecule has 1 aliphatic carbocycles. The molecule has 0 heterocycles. The van der Waals surface area contributed by atoms with Crippen molar-refractivity contribution < 1.29 is 154 Å². The van der Waals surface area contributed by atoms with Gasteiger partial charge in [-0.1, -0.05) is 48.5 Å². The minimum absolute atomic E-state index is 0.00831. The van der Waals surface area contributed by atoms with E-state index in [0.717, 1.165) is 23.5 Å². The summed E-state index contributed by atoms with van der Waals surface area (Å²) in [6, 6.07) is 14.2. The smallest absolute Gasteiger partial charge is 0.394 e. The number of alkyl halides is 26. The van der Waals surface area contributed by atoms with Crippen LogP contribution in [0.25, 0.3) is 0 Å². The van der Waals surface area contributed by atoms with Gasteiger partial charge < -0.3 is 39.4 Å². The molecular formula is C80H102F26O8S4. The number of thioether (sulfide) groups is 4. The Bertz CT molecular complexity index is 3440.